The Morgan fingerprint density at radius 1 is 0.536 bits per heavy atom. The molecule has 0 spiro atoms. The molecular weight excluding hydrogens is 685 g/mol. The van der Waals surface area contributed by atoms with Gasteiger partial charge in [-0.05, 0) is 119 Å². The largest absolute Gasteiger partial charge is 0.456 e. The lowest BCUT2D eigenvalue weighted by Crippen LogP contribution is -2.42. The van der Waals surface area contributed by atoms with E-state index in [4.69, 9.17) is 19.4 Å². The number of aromatic nitrogens is 3. The van der Waals surface area contributed by atoms with Gasteiger partial charge in [-0.1, -0.05) is 117 Å². The minimum absolute atomic E-state index is 0.291. The number of fused-ring (bicyclic) bond motifs is 5. The van der Waals surface area contributed by atoms with Crippen molar-refractivity contribution in [2.45, 2.75) is 51.4 Å². The smallest absolute Gasteiger partial charge is 0.164 e. The van der Waals surface area contributed by atoms with Crippen LogP contribution in [0.1, 0.15) is 57.1 Å². The molecule has 0 amide bonds. The first kappa shape index (κ1) is 34.1. The summed E-state index contributed by atoms with van der Waals surface area (Å²) in [5.41, 5.74) is 11.1. The number of benzene rings is 6. The van der Waals surface area contributed by atoms with Gasteiger partial charge in [-0.2, -0.15) is 5.26 Å². The van der Waals surface area contributed by atoms with Crippen LogP contribution in [0.15, 0.2) is 144 Å². The Kier molecular flexibility index (Phi) is 8.37. The molecule has 0 N–H and O–H groups in total. The van der Waals surface area contributed by atoms with Crippen LogP contribution in [0.4, 0.5) is 0 Å². The molecule has 56 heavy (non-hydrogen) atoms. The Morgan fingerprint density at radius 2 is 1.12 bits per heavy atom. The summed E-state index contributed by atoms with van der Waals surface area (Å²) in [5.74, 6) is 4.28. The second-order valence-corrected chi connectivity index (χ2v) is 16.5. The van der Waals surface area contributed by atoms with Gasteiger partial charge < -0.3 is 4.42 Å². The van der Waals surface area contributed by atoms with E-state index in [0.717, 1.165) is 73.1 Å². The first-order valence-corrected chi connectivity index (χ1v) is 19.9. The molecule has 2 aromatic heterocycles. The van der Waals surface area contributed by atoms with Gasteiger partial charge in [0.2, 0.25) is 0 Å². The van der Waals surface area contributed by atoms with Gasteiger partial charge in [-0.25, -0.2) is 15.0 Å². The van der Waals surface area contributed by atoms with E-state index in [9.17, 15) is 5.26 Å². The van der Waals surface area contributed by atoms with Crippen molar-refractivity contribution in [2.75, 3.05) is 0 Å². The van der Waals surface area contributed by atoms with Crippen LogP contribution < -0.4 is 0 Å². The van der Waals surface area contributed by atoms with Crippen LogP contribution in [-0.4, -0.2) is 15.0 Å². The predicted molar refractivity (Wildman–Crippen MR) is 226 cm³/mol. The summed E-state index contributed by atoms with van der Waals surface area (Å²) in [6.07, 6.45) is 6.67. The van der Waals surface area contributed by atoms with E-state index in [1.165, 1.54) is 43.2 Å². The van der Waals surface area contributed by atoms with E-state index in [-0.39, 0.29) is 0 Å². The molecule has 0 radical (unpaired) electrons. The van der Waals surface area contributed by atoms with Crippen molar-refractivity contribution in [3.63, 3.8) is 0 Å². The number of hydrogen-bond acceptors (Lipinski definition) is 5. The summed E-state index contributed by atoms with van der Waals surface area (Å²) in [6, 6.07) is 50.5. The minimum atomic E-state index is 0.291. The van der Waals surface area contributed by atoms with Crippen molar-refractivity contribution in [3.05, 3.63) is 151 Å². The molecule has 5 heteroatoms. The van der Waals surface area contributed by atoms with Gasteiger partial charge >= 0.3 is 0 Å². The molecule has 2 bridgehead atoms. The summed E-state index contributed by atoms with van der Waals surface area (Å²) in [5, 5.41) is 11.4. The quantitative estimate of drug-likeness (QED) is 0.170. The maximum Gasteiger partial charge on any atom is 0.164 e. The lowest BCUT2D eigenvalue weighted by molar-refractivity contribution is 0.0780. The van der Waals surface area contributed by atoms with Gasteiger partial charge in [0.05, 0.1) is 11.6 Å². The summed E-state index contributed by atoms with van der Waals surface area (Å²) in [7, 11) is 0. The monoisotopic (exact) mass is 726 g/mol. The standard InChI is InChI=1S/C51H42N4O/c1-32-23-35-24-33(2)29-51(28-32,30-35)41-19-16-36(17-20-41)42-13-6-7-14-43(42)50-54-48(37-9-4-3-5-10-37)53-49(55-50)40-12-8-11-38(26-40)39-18-22-47-45(27-39)44-25-34(31-52)15-21-46(44)56-47/h3-22,25-27,32-33,35H,23-24,28-30H2,1-2H3/t32-,33?,35?,51?/m0/s1. The van der Waals surface area contributed by atoms with Crippen LogP contribution in [0.3, 0.4) is 0 Å². The van der Waals surface area contributed by atoms with Gasteiger partial charge in [-0.3, -0.25) is 0 Å². The van der Waals surface area contributed by atoms with E-state index >= 15 is 0 Å². The van der Waals surface area contributed by atoms with Crippen molar-refractivity contribution in [2.24, 2.45) is 17.8 Å². The lowest BCUT2D eigenvalue weighted by atomic mass is 9.54. The fraction of sp³-hybridized carbons (Fsp3) is 0.216. The molecule has 3 unspecified atom stereocenters. The Morgan fingerprint density at radius 3 is 1.88 bits per heavy atom. The molecule has 8 aromatic rings. The number of nitriles is 1. The zero-order chi connectivity index (χ0) is 37.8. The number of nitrogens with zero attached hydrogens (tertiary/aromatic N) is 4. The van der Waals surface area contributed by atoms with Crippen molar-refractivity contribution in [1.29, 1.82) is 5.26 Å². The molecule has 2 aliphatic carbocycles. The van der Waals surface area contributed by atoms with Crippen molar-refractivity contribution in [1.82, 2.24) is 15.0 Å². The van der Waals surface area contributed by atoms with Crippen LogP contribution in [0.25, 0.3) is 78.4 Å². The Labute approximate surface area is 327 Å². The van der Waals surface area contributed by atoms with Gasteiger partial charge in [0, 0.05) is 27.5 Å². The number of rotatable bonds is 6. The third kappa shape index (κ3) is 6.16. The molecule has 5 nitrogen and oxygen atoms in total. The van der Waals surface area contributed by atoms with Gasteiger partial charge in [0.1, 0.15) is 11.2 Å². The summed E-state index contributed by atoms with van der Waals surface area (Å²) in [4.78, 5) is 15.4. The fourth-order valence-corrected chi connectivity index (χ4v) is 10.2. The van der Waals surface area contributed by atoms with Crippen molar-refractivity contribution >= 4 is 21.9 Å². The molecule has 2 heterocycles. The second-order valence-electron chi connectivity index (χ2n) is 16.5. The Bertz CT molecular complexity index is 2780. The van der Waals surface area contributed by atoms with E-state index in [2.05, 4.69) is 105 Å². The SMILES string of the molecule is CC1CC2C[C@H](C)CC(c3ccc(-c4ccccc4-c4nc(-c5ccccc5)nc(-c5cccc(-c6ccc7oc8ccc(C#N)cc8c7c6)c5)n4)cc3)(C1)C2. The highest BCUT2D eigenvalue weighted by Crippen LogP contribution is 2.54. The summed E-state index contributed by atoms with van der Waals surface area (Å²) in [6.45, 7) is 4.91. The average Bonchev–Trinajstić information content (AvgIpc) is 3.60. The molecule has 2 aliphatic rings. The number of furan rings is 1. The van der Waals surface area contributed by atoms with Crippen LogP contribution in [0.2, 0.25) is 0 Å². The van der Waals surface area contributed by atoms with E-state index in [1.807, 2.05) is 48.5 Å². The highest BCUT2D eigenvalue weighted by atomic mass is 16.3. The predicted octanol–water partition coefficient (Wildman–Crippen LogP) is 13.1. The summed E-state index contributed by atoms with van der Waals surface area (Å²) < 4.78 is 6.11. The van der Waals surface area contributed by atoms with Crippen LogP contribution in [0, 0.1) is 29.1 Å². The normalized spacial score (nSPS) is 20.6. The zero-order valence-corrected chi connectivity index (χ0v) is 31.7. The van der Waals surface area contributed by atoms with Gasteiger partial charge in [0.15, 0.2) is 17.5 Å². The third-order valence-electron chi connectivity index (χ3n) is 12.3. The van der Waals surface area contributed by atoms with E-state index < -0.39 is 0 Å². The van der Waals surface area contributed by atoms with Crippen molar-refractivity contribution in [3.8, 4) is 62.5 Å². The maximum atomic E-state index is 9.53. The van der Waals surface area contributed by atoms with Crippen molar-refractivity contribution < 1.29 is 4.42 Å². The molecule has 0 saturated heterocycles. The highest BCUT2D eigenvalue weighted by Gasteiger charge is 2.45. The molecule has 272 valence electrons. The lowest BCUT2D eigenvalue weighted by Gasteiger charge is -2.50. The molecule has 2 saturated carbocycles. The second kappa shape index (κ2) is 13.7. The maximum absolute atomic E-state index is 9.53. The number of hydrogen-bond donors (Lipinski definition) is 0. The topological polar surface area (TPSA) is 75.6 Å². The van der Waals surface area contributed by atoms with Crippen LogP contribution in [0.5, 0.6) is 0 Å². The van der Waals surface area contributed by atoms with Crippen LogP contribution >= 0.6 is 0 Å². The summed E-state index contributed by atoms with van der Waals surface area (Å²) >= 11 is 0. The molecular formula is C51H42N4O. The van der Waals surface area contributed by atoms with E-state index in [1.54, 1.807) is 6.07 Å². The van der Waals surface area contributed by atoms with Gasteiger partial charge in [0.25, 0.3) is 0 Å². The van der Waals surface area contributed by atoms with Gasteiger partial charge in [-0.15, -0.1) is 0 Å². The Balaban J connectivity index is 1.05. The van der Waals surface area contributed by atoms with E-state index in [0.29, 0.717) is 28.5 Å². The molecule has 4 atom stereocenters. The fourth-order valence-electron chi connectivity index (χ4n) is 10.2. The molecule has 6 aromatic carbocycles. The molecule has 2 fully saturated rings. The first-order valence-electron chi connectivity index (χ1n) is 19.9. The minimum Gasteiger partial charge on any atom is -0.456 e. The van der Waals surface area contributed by atoms with Crippen LogP contribution in [-0.2, 0) is 5.41 Å². The average molecular weight is 727 g/mol. The Hall–Kier alpha value is -6.38. The third-order valence-corrected chi connectivity index (χ3v) is 12.3. The molecule has 0 aliphatic heterocycles. The molecule has 10 rings (SSSR count). The zero-order valence-electron chi connectivity index (χ0n) is 31.7. The highest BCUT2D eigenvalue weighted by molar-refractivity contribution is 6.06. The first-order chi connectivity index (χ1) is 27.4.